The first-order valence-corrected chi connectivity index (χ1v) is 7.39. The smallest absolute Gasteiger partial charge is 0.336 e. The van der Waals surface area contributed by atoms with Crippen molar-refractivity contribution in [2.45, 2.75) is 18.9 Å². The van der Waals surface area contributed by atoms with Crippen molar-refractivity contribution >= 4 is 17.8 Å². The number of carbonyl (C=O) groups is 3. The molecule has 8 heteroatoms. The molecule has 0 fully saturated rings. The van der Waals surface area contributed by atoms with E-state index in [4.69, 9.17) is 4.74 Å². The molecule has 0 saturated heterocycles. The molecule has 0 radical (unpaired) electrons. The van der Waals surface area contributed by atoms with Crippen LogP contribution in [0.1, 0.15) is 23.2 Å². The Morgan fingerprint density at radius 2 is 1.79 bits per heavy atom. The number of hydrogen-bond donors (Lipinski definition) is 2. The van der Waals surface area contributed by atoms with Crippen LogP contribution in [0, 0.1) is 5.82 Å². The Morgan fingerprint density at radius 1 is 1.12 bits per heavy atom. The van der Waals surface area contributed by atoms with E-state index in [9.17, 15) is 18.8 Å². The van der Waals surface area contributed by atoms with Gasteiger partial charge in [0.05, 0.1) is 13.7 Å². The minimum absolute atomic E-state index is 0.0178. The van der Waals surface area contributed by atoms with E-state index in [1.807, 2.05) is 0 Å². The van der Waals surface area contributed by atoms with Gasteiger partial charge in [0.25, 0.3) is 5.91 Å². The van der Waals surface area contributed by atoms with Crippen molar-refractivity contribution in [2.75, 3.05) is 27.3 Å². The van der Waals surface area contributed by atoms with Gasteiger partial charge in [-0.15, -0.1) is 0 Å². The number of hydrogen-bond acceptors (Lipinski definition) is 5. The third-order valence-corrected chi connectivity index (χ3v) is 3.21. The number of carbonyl (C=O) groups excluding carboxylic acids is 3. The third-order valence-electron chi connectivity index (χ3n) is 3.21. The second-order valence-electron chi connectivity index (χ2n) is 4.92. The Kier molecular flexibility index (Phi) is 8.42. The van der Waals surface area contributed by atoms with Gasteiger partial charge in [0.15, 0.2) is 6.10 Å². The fraction of sp³-hybridized carbons (Fsp3) is 0.438. The molecule has 1 rings (SSSR count). The first kappa shape index (κ1) is 19.6. The molecule has 0 saturated carbocycles. The summed E-state index contributed by atoms with van der Waals surface area (Å²) < 4.78 is 22.2. The Balaban J connectivity index is 2.22. The molecule has 24 heavy (non-hydrogen) atoms. The summed E-state index contributed by atoms with van der Waals surface area (Å²) in [5.41, 5.74) is 0.349. The Labute approximate surface area is 139 Å². The highest BCUT2D eigenvalue weighted by Gasteiger charge is 2.18. The third kappa shape index (κ3) is 6.74. The molecule has 2 N–H and O–H groups in total. The summed E-state index contributed by atoms with van der Waals surface area (Å²) >= 11 is 0. The number of nitrogens with one attached hydrogen (secondary N) is 2. The zero-order chi connectivity index (χ0) is 17.9. The van der Waals surface area contributed by atoms with E-state index in [0.29, 0.717) is 18.5 Å². The Hall–Kier alpha value is -2.48. The molecule has 1 unspecified atom stereocenters. The molecule has 1 aromatic carbocycles. The van der Waals surface area contributed by atoms with Gasteiger partial charge in [-0.2, -0.15) is 0 Å². The van der Waals surface area contributed by atoms with Crippen molar-refractivity contribution < 1.29 is 28.2 Å². The first-order valence-electron chi connectivity index (χ1n) is 7.39. The van der Waals surface area contributed by atoms with Crippen molar-refractivity contribution in [1.82, 2.24) is 10.6 Å². The molecule has 1 aromatic rings. The largest absolute Gasteiger partial charge is 0.467 e. The monoisotopic (exact) mass is 340 g/mol. The zero-order valence-corrected chi connectivity index (χ0v) is 13.6. The molecule has 0 aliphatic heterocycles. The minimum atomic E-state index is -0.850. The van der Waals surface area contributed by atoms with E-state index in [0.717, 1.165) is 0 Å². The van der Waals surface area contributed by atoms with Crippen LogP contribution in [0.2, 0.25) is 0 Å². The van der Waals surface area contributed by atoms with Gasteiger partial charge < -0.3 is 20.1 Å². The van der Waals surface area contributed by atoms with Gasteiger partial charge in [-0.3, -0.25) is 9.59 Å². The maximum Gasteiger partial charge on any atom is 0.336 e. The van der Waals surface area contributed by atoms with Crippen molar-refractivity contribution in [3.05, 3.63) is 35.6 Å². The predicted molar refractivity (Wildman–Crippen MR) is 83.8 cm³/mol. The quantitative estimate of drug-likeness (QED) is 0.508. The molecule has 132 valence electrons. The fourth-order valence-electron chi connectivity index (χ4n) is 1.84. The molecule has 0 spiro atoms. The topological polar surface area (TPSA) is 93.7 Å². The SMILES string of the molecule is COC(=O)C(CNC(=O)CCCNC(=O)c1ccc(F)cc1)OC. The summed E-state index contributed by atoms with van der Waals surface area (Å²) in [4.78, 5) is 34.7. The van der Waals surface area contributed by atoms with Crippen LogP contribution in [0.25, 0.3) is 0 Å². The molecular formula is C16H21FN2O5. The maximum atomic E-state index is 12.8. The van der Waals surface area contributed by atoms with Crippen molar-refractivity contribution in [2.24, 2.45) is 0 Å². The lowest BCUT2D eigenvalue weighted by molar-refractivity contribution is -0.152. The highest BCUT2D eigenvalue weighted by atomic mass is 19.1. The van der Waals surface area contributed by atoms with Gasteiger partial charge in [-0.25, -0.2) is 9.18 Å². The Morgan fingerprint density at radius 3 is 2.38 bits per heavy atom. The lowest BCUT2D eigenvalue weighted by atomic mass is 10.2. The number of esters is 1. The second kappa shape index (κ2) is 10.3. The van der Waals surface area contributed by atoms with Crippen molar-refractivity contribution in [3.8, 4) is 0 Å². The summed E-state index contributed by atoms with van der Waals surface area (Å²) in [5.74, 6) is -1.58. The number of benzene rings is 1. The van der Waals surface area contributed by atoms with Crippen LogP contribution in [0.4, 0.5) is 4.39 Å². The summed E-state index contributed by atoms with van der Waals surface area (Å²) in [6.45, 7) is 0.318. The van der Waals surface area contributed by atoms with Crippen LogP contribution in [-0.2, 0) is 19.1 Å². The van der Waals surface area contributed by atoms with Crippen LogP contribution in [-0.4, -0.2) is 51.2 Å². The van der Waals surface area contributed by atoms with Crippen molar-refractivity contribution in [1.29, 1.82) is 0 Å². The van der Waals surface area contributed by atoms with Gasteiger partial charge in [-0.05, 0) is 30.7 Å². The van der Waals surface area contributed by atoms with E-state index >= 15 is 0 Å². The van der Waals surface area contributed by atoms with Gasteiger partial charge in [-0.1, -0.05) is 0 Å². The number of methoxy groups -OCH3 is 2. The van der Waals surface area contributed by atoms with Gasteiger partial charge >= 0.3 is 5.97 Å². The van der Waals surface area contributed by atoms with Crippen LogP contribution in [0.3, 0.4) is 0 Å². The van der Waals surface area contributed by atoms with Crippen LogP contribution in [0.5, 0.6) is 0 Å². The Bertz CT molecular complexity index is 562. The average molecular weight is 340 g/mol. The standard InChI is InChI=1S/C16H21FN2O5/c1-23-13(16(22)24-2)10-19-14(20)4-3-9-18-15(21)11-5-7-12(17)8-6-11/h5-8,13H,3-4,9-10H2,1-2H3,(H,18,21)(H,19,20). The number of halogens is 1. The van der Waals surface area contributed by atoms with Crippen molar-refractivity contribution in [3.63, 3.8) is 0 Å². The minimum Gasteiger partial charge on any atom is -0.467 e. The zero-order valence-electron chi connectivity index (χ0n) is 13.6. The average Bonchev–Trinajstić information content (AvgIpc) is 2.59. The maximum absolute atomic E-state index is 12.8. The highest BCUT2D eigenvalue weighted by Crippen LogP contribution is 2.02. The molecule has 1 atom stereocenters. The molecule has 0 heterocycles. The van der Waals surface area contributed by atoms with E-state index in [1.54, 1.807) is 0 Å². The summed E-state index contributed by atoms with van der Waals surface area (Å²) in [5, 5.41) is 5.19. The van der Waals surface area contributed by atoms with Crippen LogP contribution < -0.4 is 10.6 Å². The summed E-state index contributed by atoms with van der Waals surface area (Å²) in [7, 11) is 2.58. The molecule has 0 aliphatic rings. The molecule has 0 bridgehead atoms. The fourth-order valence-corrected chi connectivity index (χ4v) is 1.84. The lowest BCUT2D eigenvalue weighted by Gasteiger charge is -2.13. The molecule has 2 amide bonds. The number of amides is 2. The van der Waals surface area contributed by atoms with Gasteiger partial charge in [0.2, 0.25) is 5.91 Å². The first-order chi connectivity index (χ1) is 11.5. The lowest BCUT2D eigenvalue weighted by Crippen LogP contribution is -2.38. The highest BCUT2D eigenvalue weighted by molar-refractivity contribution is 5.94. The van der Waals surface area contributed by atoms with Gasteiger partial charge in [0, 0.05) is 25.6 Å². The van der Waals surface area contributed by atoms with E-state index in [1.165, 1.54) is 38.5 Å². The molecule has 0 aromatic heterocycles. The van der Waals surface area contributed by atoms with Gasteiger partial charge in [0.1, 0.15) is 5.82 Å². The van der Waals surface area contributed by atoms with E-state index < -0.39 is 17.9 Å². The second-order valence-corrected chi connectivity index (χ2v) is 4.92. The molecular weight excluding hydrogens is 319 g/mol. The van der Waals surface area contributed by atoms with Crippen LogP contribution >= 0.6 is 0 Å². The predicted octanol–water partition coefficient (Wildman–Crippen LogP) is 0.640. The number of ether oxygens (including phenoxy) is 2. The summed E-state index contributed by atoms with van der Waals surface area (Å²) in [6, 6.07) is 5.18. The number of rotatable bonds is 9. The normalized spacial score (nSPS) is 11.5. The summed E-state index contributed by atoms with van der Waals surface area (Å²) in [6.07, 6.45) is -0.243. The van der Waals surface area contributed by atoms with E-state index in [-0.39, 0.29) is 24.8 Å². The molecule has 7 nitrogen and oxygen atoms in total. The molecule has 0 aliphatic carbocycles. The van der Waals surface area contributed by atoms with E-state index in [2.05, 4.69) is 15.4 Å². The van der Waals surface area contributed by atoms with Crippen LogP contribution in [0.15, 0.2) is 24.3 Å².